The maximum atomic E-state index is 14.1. The van der Waals surface area contributed by atoms with Crippen LogP contribution in [-0.4, -0.2) is 88.9 Å². The molecule has 2 aromatic heterocycles. The monoisotopic (exact) mass is 576 g/mol. The van der Waals surface area contributed by atoms with Gasteiger partial charge in [-0.3, -0.25) is 14.5 Å². The van der Waals surface area contributed by atoms with Crippen LogP contribution in [-0.2, 0) is 27.0 Å². The van der Waals surface area contributed by atoms with Crippen molar-refractivity contribution in [2.24, 2.45) is 5.41 Å². The van der Waals surface area contributed by atoms with Crippen LogP contribution in [0.2, 0.25) is 0 Å². The number of fused-ring (bicyclic) bond motifs is 1. The Bertz CT molecular complexity index is 1390. The average Bonchev–Trinajstić information content (AvgIpc) is 2.79. The number of nitrogens with one attached hydrogen (secondary N) is 1. The summed E-state index contributed by atoms with van der Waals surface area (Å²) in [5.41, 5.74) is -8.06. The van der Waals surface area contributed by atoms with Gasteiger partial charge in [0.1, 0.15) is 38.3 Å². The topological polar surface area (TPSA) is 175 Å². The molecule has 12 nitrogen and oxygen atoms in total. The summed E-state index contributed by atoms with van der Waals surface area (Å²) in [6.07, 6.45) is -6.62. The van der Waals surface area contributed by atoms with E-state index in [4.69, 9.17) is 28.3 Å². The molecule has 0 aromatic carbocycles. The van der Waals surface area contributed by atoms with Crippen LogP contribution >= 0.6 is 0 Å². The molecule has 0 bridgehead atoms. The lowest BCUT2D eigenvalue weighted by Gasteiger charge is -2.67. The quantitative estimate of drug-likeness (QED) is 0.164. The van der Waals surface area contributed by atoms with Gasteiger partial charge in [-0.2, -0.15) is 18.2 Å². The first-order chi connectivity index (χ1) is 18.6. The molecule has 41 heavy (non-hydrogen) atoms. The van der Waals surface area contributed by atoms with Crippen molar-refractivity contribution >= 4 is 46.9 Å². The first-order valence-electron chi connectivity index (χ1n) is 11.6. The molecule has 5 N–H and O–H groups in total. The maximum Gasteiger partial charge on any atom is 0.436 e. The zero-order valence-corrected chi connectivity index (χ0v) is 21.2. The SMILES string of the molecule is [B]C(O)(O)C1(CC(=O)Nc2nc3c(cc2C)N(Cc2cnc(C(F)(F)F)c(F)c2)C(=O)C(C)O3)C([B])([B])OC1(O)O. The van der Waals surface area contributed by atoms with Gasteiger partial charge in [-0.25, -0.2) is 9.37 Å². The van der Waals surface area contributed by atoms with Crippen LogP contribution in [0, 0.1) is 18.2 Å². The first-order valence-corrected chi connectivity index (χ1v) is 11.6. The Morgan fingerprint density at radius 3 is 2.39 bits per heavy atom. The summed E-state index contributed by atoms with van der Waals surface area (Å²) in [5.74, 6) is -7.27. The van der Waals surface area contributed by atoms with Gasteiger partial charge in [0.2, 0.25) is 11.8 Å². The number of halogens is 4. The van der Waals surface area contributed by atoms with Crippen molar-refractivity contribution in [3.63, 3.8) is 0 Å². The van der Waals surface area contributed by atoms with E-state index in [1.54, 1.807) is 0 Å². The Kier molecular flexibility index (Phi) is 7.23. The molecule has 1 saturated heterocycles. The highest BCUT2D eigenvalue weighted by molar-refractivity contribution is 6.41. The van der Waals surface area contributed by atoms with Gasteiger partial charge in [0.25, 0.3) is 11.9 Å². The van der Waals surface area contributed by atoms with Crippen molar-refractivity contribution in [1.82, 2.24) is 9.97 Å². The van der Waals surface area contributed by atoms with Crippen LogP contribution in [0.15, 0.2) is 18.3 Å². The molecule has 2 amide bonds. The lowest BCUT2D eigenvalue weighted by atomic mass is 9.39. The minimum absolute atomic E-state index is 0.0205. The molecular weight excluding hydrogens is 557 g/mol. The normalized spacial score (nSPS) is 23.3. The Morgan fingerprint density at radius 2 is 1.88 bits per heavy atom. The number of alkyl halides is 3. The zero-order valence-electron chi connectivity index (χ0n) is 21.2. The number of rotatable bonds is 6. The summed E-state index contributed by atoms with van der Waals surface area (Å²) in [5, 5.41) is 39.7. The summed E-state index contributed by atoms with van der Waals surface area (Å²) in [6.45, 7) is 2.36. The number of carbonyl (C=O) groups is 2. The minimum Gasteiger partial charge on any atom is -0.463 e. The number of ether oxygens (including phenoxy) is 2. The number of hydrogen-bond acceptors (Lipinski definition) is 10. The van der Waals surface area contributed by atoms with Crippen molar-refractivity contribution in [2.75, 3.05) is 10.2 Å². The molecule has 0 saturated carbocycles. The van der Waals surface area contributed by atoms with Gasteiger partial charge in [0.15, 0.2) is 25.5 Å². The van der Waals surface area contributed by atoms with E-state index < -0.39 is 71.0 Å². The third kappa shape index (κ3) is 5.05. The first kappa shape index (κ1) is 30.7. The van der Waals surface area contributed by atoms with Gasteiger partial charge in [-0.1, -0.05) is 0 Å². The zero-order chi connectivity index (χ0) is 30.9. The molecule has 4 rings (SSSR count). The van der Waals surface area contributed by atoms with Gasteiger partial charge in [0, 0.05) is 18.0 Å². The molecule has 2 aromatic rings. The summed E-state index contributed by atoms with van der Waals surface area (Å²) >= 11 is 0. The summed E-state index contributed by atoms with van der Waals surface area (Å²) in [6, 6.07) is 1.91. The number of nitrogens with zero attached hydrogens (tertiary/aromatic N) is 3. The van der Waals surface area contributed by atoms with Crippen LogP contribution in [0.3, 0.4) is 0 Å². The molecular formula is C22H19B3F4N4O8. The Hall–Kier alpha value is -3.25. The summed E-state index contributed by atoms with van der Waals surface area (Å²) in [4.78, 5) is 34.1. The molecule has 0 aliphatic carbocycles. The van der Waals surface area contributed by atoms with E-state index in [1.807, 2.05) is 0 Å². The third-order valence-electron chi connectivity index (χ3n) is 6.71. The van der Waals surface area contributed by atoms with Crippen molar-refractivity contribution in [3.8, 4) is 5.88 Å². The number of aliphatic hydroxyl groups is 4. The van der Waals surface area contributed by atoms with Crippen LogP contribution < -0.4 is 15.0 Å². The second-order valence-electron chi connectivity index (χ2n) is 9.69. The summed E-state index contributed by atoms with van der Waals surface area (Å²) in [7, 11) is 16.4. The fourth-order valence-corrected chi connectivity index (χ4v) is 4.61. The van der Waals surface area contributed by atoms with Crippen LogP contribution in [0.25, 0.3) is 0 Å². The Morgan fingerprint density at radius 1 is 1.24 bits per heavy atom. The summed E-state index contributed by atoms with van der Waals surface area (Å²) < 4.78 is 62.6. The fraction of sp³-hybridized carbons (Fsp3) is 0.455. The van der Waals surface area contributed by atoms with E-state index in [0.717, 1.165) is 11.1 Å². The van der Waals surface area contributed by atoms with Gasteiger partial charge >= 0.3 is 6.18 Å². The largest absolute Gasteiger partial charge is 0.463 e. The molecule has 2 aliphatic heterocycles. The van der Waals surface area contributed by atoms with E-state index in [-0.39, 0.29) is 28.5 Å². The number of anilines is 2. The van der Waals surface area contributed by atoms with E-state index in [0.29, 0.717) is 6.07 Å². The number of aryl methyl sites for hydroxylation is 1. The van der Waals surface area contributed by atoms with Crippen molar-refractivity contribution in [2.45, 2.75) is 56.2 Å². The molecule has 2 atom stereocenters. The Labute approximate surface area is 232 Å². The van der Waals surface area contributed by atoms with E-state index in [1.165, 1.54) is 19.9 Å². The molecule has 0 spiro atoms. The maximum absolute atomic E-state index is 14.1. The van der Waals surface area contributed by atoms with Crippen molar-refractivity contribution < 1.29 is 57.1 Å². The molecule has 1 fully saturated rings. The molecule has 4 heterocycles. The van der Waals surface area contributed by atoms with Crippen molar-refractivity contribution in [1.29, 1.82) is 0 Å². The molecule has 19 heteroatoms. The van der Waals surface area contributed by atoms with E-state index in [2.05, 4.69) is 20.0 Å². The fourth-order valence-electron chi connectivity index (χ4n) is 4.61. The van der Waals surface area contributed by atoms with E-state index >= 15 is 0 Å². The van der Waals surface area contributed by atoms with Crippen LogP contribution in [0.5, 0.6) is 5.88 Å². The highest BCUT2D eigenvalue weighted by Gasteiger charge is 2.77. The molecule has 2 unspecified atom stereocenters. The number of hydrogen-bond donors (Lipinski definition) is 5. The number of amides is 2. The number of aromatic nitrogens is 2. The Balaban J connectivity index is 1.62. The highest BCUT2D eigenvalue weighted by Crippen LogP contribution is 2.58. The lowest BCUT2D eigenvalue weighted by Crippen LogP contribution is -2.85. The van der Waals surface area contributed by atoms with Gasteiger partial charge in [-0.05, 0) is 37.1 Å². The molecule has 212 valence electrons. The number of pyridine rings is 2. The highest BCUT2D eigenvalue weighted by atomic mass is 19.4. The average molecular weight is 576 g/mol. The van der Waals surface area contributed by atoms with Crippen LogP contribution in [0.4, 0.5) is 29.1 Å². The van der Waals surface area contributed by atoms with Gasteiger partial charge in [-0.15, -0.1) is 0 Å². The lowest BCUT2D eigenvalue weighted by molar-refractivity contribution is -0.534. The molecule has 6 radical (unpaired) electrons. The van der Waals surface area contributed by atoms with Crippen molar-refractivity contribution in [3.05, 3.63) is 41.0 Å². The number of carbonyl (C=O) groups excluding carboxylic acids is 2. The second kappa shape index (κ2) is 9.66. The van der Waals surface area contributed by atoms with Gasteiger partial charge < -0.3 is 35.2 Å². The van der Waals surface area contributed by atoms with Gasteiger partial charge in [0.05, 0.1) is 6.54 Å². The predicted molar refractivity (Wildman–Crippen MR) is 131 cm³/mol. The van der Waals surface area contributed by atoms with Crippen LogP contribution in [0.1, 0.15) is 30.2 Å². The third-order valence-corrected chi connectivity index (χ3v) is 6.71. The molecule has 2 aliphatic rings. The predicted octanol–water partition coefficient (Wildman–Crippen LogP) is -0.962. The second-order valence-corrected chi connectivity index (χ2v) is 9.69. The smallest absolute Gasteiger partial charge is 0.436 e. The van der Waals surface area contributed by atoms with E-state index in [9.17, 15) is 47.6 Å². The minimum atomic E-state index is -5.02. The standard InChI is InChI=1S/C22H19B3F4N4O8/c1-8-3-12-16(32-15(8)31-13(34)5-18(21(25,36)37)20(23,24)41-22(18,38)39)40-9(2)17(35)33(12)7-10-4-11(26)14(30-6-10)19(27,28)29/h3-4,6,9,36-39H,5,7H2,1-2H3,(H,31,32,34).